The van der Waals surface area contributed by atoms with Crippen molar-refractivity contribution in [2.24, 2.45) is 0 Å². The molecule has 1 aromatic carbocycles. The van der Waals surface area contributed by atoms with Crippen molar-refractivity contribution in [2.45, 2.75) is 32.3 Å². The third kappa shape index (κ3) is 3.10. The Balaban J connectivity index is 3.04. The van der Waals surface area contributed by atoms with Gasteiger partial charge in [0, 0.05) is 18.6 Å². The first-order chi connectivity index (χ1) is 7.89. The molecule has 0 aliphatic heterocycles. The SMILES string of the molecule is CCC(O)(CC(C)=O)c1ccc([N+](=O)[O-])cc1. The van der Waals surface area contributed by atoms with Crippen molar-refractivity contribution in [3.63, 3.8) is 0 Å². The Kier molecular flexibility index (Phi) is 3.96. The predicted octanol–water partition coefficient (Wildman–Crippen LogP) is 2.17. The van der Waals surface area contributed by atoms with E-state index in [9.17, 15) is 20.0 Å². The van der Waals surface area contributed by atoms with Crippen LogP contribution in [0.1, 0.15) is 32.3 Å². The van der Waals surface area contributed by atoms with Gasteiger partial charge in [0.2, 0.25) is 0 Å². The lowest BCUT2D eigenvalue weighted by Gasteiger charge is -2.26. The van der Waals surface area contributed by atoms with Gasteiger partial charge >= 0.3 is 0 Å². The number of rotatable bonds is 5. The Labute approximate surface area is 99.2 Å². The monoisotopic (exact) mass is 237 g/mol. The summed E-state index contributed by atoms with van der Waals surface area (Å²) in [5.41, 5.74) is -0.739. The van der Waals surface area contributed by atoms with Crippen molar-refractivity contribution >= 4 is 11.5 Å². The molecule has 0 radical (unpaired) electrons. The molecule has 1 aromatic rings. The van der Waals surface area contributed by atoms with Gasteiger partial charge in [-0.1, -0.05) is 6.92 Å². The average Bonchev–Trinajstić information content (AvgIpc) is 2.28. The van der Waals surface area contributed by atoms with Gasteiger partial charge in [0.05, 0.1) is 10.5 Å². The van der Waals surface area contributed by atoms with E-state index in [1.807, 2.05) is 0 Å². The number of carbonyl (C=O) groups is 1. The summed E-state index contributed by atoms with van der Waals surface area (Å²) in [5, 5.41) is 20.8. The highest BCUT2D eigenvalue weighted by Gasteiger charge is 2.29. The summed E-state index contributed by atoms with van der Waals surface area (Å²) in [6.45, 7) is 3.18. The van der Waals surface area contributed by atoms with Crippen LogP contribution in [-0.4, -0.2) is 15.8 Å². The minimum absolute atomic E-state index is 0.0152. The summed E-state index contributed by atoms with van der Waals surface area (Å²) in [7, 11) is 0. The van der Waals surface area contributed by atoms with Gasteiger partial charge in [0.15, 0.2) is 0 Å². The first kappa shape index (κ1) is 13.3. The van der Waals surface area contributed by atoms with Crippen LogP contribution < -0.4 is 0 Å². The van der Waals surface area contributed by atoms with E-state index in [0.29, 0.717) is 12.0 Å². The van der Waals surface area contributed by atoms with Crippen LogP contribution in [0, 0.1) is 10.1 Å². The van der Waals surface area contributed by atoms with Gasteiger partial charge < -0.3 is 5.11 Å². The zero-order valence-electron chi connectivity index (χ0n) is 9.84. The maximum Gasteiger partial charge on any atom is 0.269 e. The van der Waals surface area contributed by atoms with Crippen LogP contribution in [-0.2, 0) is 10.4 Å². The molecule has 0 amide bonds. The number of aliphatic hydroxyl groups is 1. The van der Waals surface area contributed by atoms with E-state index in [0.717, 1.165) is 0 Å². The zero-order chi connectivity index (χ0) is 13.1. The number of nitro benzene ring substituents is 1. The van der Waals surface area contributed by atoms with Gasteiger partial charge in [-0.3, -0.25) is 14.9 Å². The molecule has 0 fully saturated rings. The normalized spacial score (nSPS) is 14.1. The van der Waals surface area contributed by atoms with Crippen LogP contribution in [0.4, 0.5) is 5.69 Å². The van der Waals surface area contributed by atoms with E-state index in [1.165, 1.54) is 31.2 Å². The van der Waals surface area contributed by atoms with Gasteiger partial charge in [-0.15, -0.1) is 0 Å². The van der Waals surface area contributed by atoms with E-state index >= 15 is 0 Å². The number of non-ortho nitro benzene ring substituents is 1. The molecule has 5 heteroatoms. The Morgan fingerprint density at radius 3 is 2.29 bits per heavy atom. The fourth-order valence-corrected chi connectivity index (χ4v) is 1.74. The molecule has 0 heterocycles. The second kappa shape index (κ2) is 5.05. The van der Waals surface area contributed by atoms with Crippen LogP contribution in [0.2, 0.25) is 0 Å². The second-order valence-electron chi connectivity index (χ2n) is 4.07. The van der Waals surface area contributed by atoms with E-state index in [1.54, 1.807) is 6.92 Å². The van der Waals surface area contributed by atoms with Crippen molar-refractivity contribution in [1.82, 2.24) is 0 Å². The molecule has 0 aliphatic carbocycles. The molecule has 0 aromatic heterocycles. The minimum Gasteiger partial charge on any atom is -0.385 e. The number of carbonyl (C=O) groups excluding carboxylic acids is 1. The zero-order valence-corrected chi connectivity index (χ0v) is 9.84. The van der Waals surface area contributed by atoms with Crippen molar-refractivity contribution in [2.75, 3.05) is 0 Å². The molecule has 1 N–H and O–H groups in total. The maximum atomic E-state index is 11.1. The van der Waals surface area contributed by atoms with E-state index in [2.05, 4.69) is 0 Å². The lowest BCUT2D eigenvalue weighted by Crippen LogP contribution is -2.27. The number of hydrogen-bond acceptors (Lipinski definition) is 4. The highest BCUT2D eigenvalue weighted by atomic mass is 16.6. The first-order valence-electron chi connectivity index (χ1n) is 5.36. The lowest BCUT2D eigenvalue weighted by atomic mass is 9.86. The number of nitrogens with zero attached hydrogens (tertiary/aromatic N) is 1. The number of hydrogen-bond donors (Lipinski definition) is 1. The number of ketones is 1. The summed E-state index contributed by atoms with van der Waals surface area (Å²) in [6.07, 6.45) is 0.395. The smallest absolute Gasteiger partial charge is 0.269 e. The summed E-state index contributed by atoms with van der Waals surface area (Å²) >= 11 is 0. The predicted molar refractivity (Wildman–Crippen MR) is 62.6 cm³/mol. The molecule has 1 unspecified atom stereocenters. The number of benzene rings is 1. The van der Waals surface area contributed by atoms with Gasteiger partial charge in [0.25, 0.3) is 5.69 Å². The summed E-state index contributed by atoms with van der Waals surface area (Å²) in [4.78, 5) is 21.1. The summed E-state index contributed by atoms with van der Waals surface area (Å²) in [6, 6.07) is 5.64. The third-order valence-electron chi connectivity index (χ3n) is 2.74. The molecule has 0 bridgehead atoms. The Morgan fingerprint density at radius 1 is 1.41 bits per heavy atom. The molecule has 5 nitrogen and oxygen atoms in total. The number of nitro groups is 1. The average molecular weight is 237 g/mol. The van der Waals surface area contributed by atoms with Crippen LogP contribution in [0.25, 0.3) is 0 Å². The fraction of sp³-hybridized carbons (Fsp3) is 0.417. The molecule has 1 rings (SSSR count). The Morgan fingerprint density at radius 2 is 1.94 bits per heavy atom. The van der Waals surface area contributed by atoms with Crippen molar-refractivity contribution in [3.8, 4) is 0 Å². The van der Waals surface area contributed by atoms with E-state index < -0.39 is 10.5 Å². The quantitative estimate of drug-likeness (QED) is 0.628. The highest BCUT2D eigenvalue weighted by Crippen LogP contribution is 2.30. The first-order valence-corrected chi connectivity index (χ1v) is 5.36. The second-order valence-corrected chi connectivity index (χ2v) is 4.07. The summed E-state index contributed by atoms with van der Waals surface area (Å²) in [5.74, 6) is -0.118. The van der Waals surface area contributed by atoms with E-state index in [4.69, 9.17) is 0 Å². The van der Waals surface area contributed by atoms with Gasteiger partial charge in [-0.2, -0.15) is 0 Å². The molecule has 92 valence electrons. The molecule has 0 saturated carbocycles. The number of Topliss-reactive ketones (excluding diaryl/α,β-unsaturated/α-hetero) is 1. The van der Waals surface area contributed by atoms with Crippen molar-refractivity contribution in [3.05, 3.63) is 39.9 Å². The molecule has 17 heavy (non-hydrogen) atoms. The molecule has 0 spiro atoms. The molecular formula is C12H15NO4. The molecule has 0 saturated heterocycles. The van der Waals surface area contributed by atoms with Gasteiger partial charge in [-0.25, -0.2) is 0 Å². The fourth-order valence-electron chi connectivity index (χ4n) is 1.74. The van der Waals surface area contributed by atoms with Gasteiger partial charge in [-0.05, 0) is 31.0 Å². The lowest BCUT2D eigenvalue weighted by molar-refractivity contribution is -0.384. The Hall–Kier alpha value is -1.75. The van der Waals surface area contributed by atoms with Gasteiger partial charge in [0.1, 0.15) is 5.78 Å². The summed E-state index contributed by atoms with van der Waals surface area (Å²) < 4.78 is 0. The largest absolute Gasteiger partial charge is 0.385 e. The van der Waals surface area contributed by atoms with Crippen LogP contribution >= 0.6 is 0 Å². The van der Waals surface area contributed by atoms with Crippen LogP contribution in [0.15, 0.2) is 24.3 Å². The minimum atomic E-state index is -1.24. The van der Waals surface area contributed by atoms with Crippen molar-refractivity contribution in [1.29, 1.82) is 0 Å². The highest BCUT2D eigenvalue weighted by molar-refractivity contribution is 5.76. The molecular weight excluding hydrogens is 222 g/mol. The van der Waals surface area contributed by atoms with E-state index in [-0.39, 0.29) is 17.9 Å². The third-order valence-corrected chi connectivity index (χ3v) is 2.74. The van der Waals surface area contributed by atoms with Crippen LogP contribution in [0.3, 0.4) is 0 Å². The molecule has 0 aliphatic rings. The van der Waals surface area contributed by atoms with Crippen LogP contribution in [0.5, 0.6) is 0 Å². The molecule has 1 atom stereocenters. The topological polar surface area (TPSA) is 80.4 Å². The Bertz CT molecular complexity index is 427. The standard InChI is InChI=1S/C12H15NO4/c1-3-12(15,8-9(2)14)10-4-6-11(7-5-10)13(16)17/h4-7,15H,3,8H2,1-2H3. The maximum absolute atomic E-state index is 11.1. The van der Waals surface area contributed by atoms with Crippen molar-refractivity contribution < 1.29 is 14.8 Å².